The van der Waals surface area contributed by atoms with Crippen LogP contribution >= 0.6 is 0 Å². The first-order chi connectivity index (χ1) is 9.88. The third-order valence-corrected chi connectivity index (χ3v) is 2.59. The number of carboxylic acid groups (broad SMARTS) is 1. The van der Waals surface area contributed by atoms with Crippen LogP contribution in [0.4, 0.5) is 0 Å². The Balaban J connectivity index is 2.35. The van der Waals surface area contributed by atoms with E-state index in [0.717, 1.165) is 5.56 Å². The standard InChI is InChI=1S/C13H17N3O5/c14-10(5-8-1-3-9(17)4-2-8)13(21)16-6-11(18)15-7-12(19)20/h1-4,10,17H,5-7,14H2,(H,15,18)(H,16,21)(H,19,20). The first-order valence-corrected chi connectivity index (χ1v) is 6.18. The maximum Gasteiger partial charge on any atom is 0.322 e. The van der Waals surface area contributed by atoms with Crippen LogP contribution in [0.25, 0.3) is 0 Å². The summed E-state index contributed by atoms with van der Waals surface area (Å²) in [6.45, 7) is -0.844. The summed E-state index contributed by atoms with van der Waals surface area (Å²) >= 11 is 0. The molecule has 0 aliphatic rings. The molecule has 0 heterocycles. The second kappa shape index (κ2) is 7.85. The lowest BCUT2D eigenvalue weighted by Crippen LogP contribution is -2.46. The number of phenolic OH excluding ortho intramolecular Hbond substituents is 1. The van der Waals surface area contributed by atoms with Crippen LogP contribution in [0.3, 0.4) is 0 Å². The molecule has 21 heavy (non-hydrogen) atoms. The summed E-state index contributed by atoms with van der Waals surface area (Å²) in [5, 5.41) is 21.9. The molecular weight excluding hydrogens is 278 g/mol. The lowest BCUT2D eigenvalue weighted by molar-refractivity contribution is -0.137. The molecule has 1 unspecified atom stereocenters. The van der Waals surface area contributed by atoms with Crippen molar-refractivity contribution in [2.24, 2.45) is 5.73 Å². The predicted octanol–water partition coefficient (Wildman–Crippen LogP) is -1.42. The van der Waals surface area contributed by atoms with E-state index in [4.69, 9.17) is 15.9 Å². The molecule has 0 saturated heterocycles. The Morgan fingerprint density at radius 2 is 1.71 bits per heavy atom. The second-order valence-corrected chi connectivity index (χ2v) is 4.37. The molecule has 1 aromatic carbocycles. The Morgan fingerprint density at radius 1 is 1.10 bits per heavy atom. The molecule has 6 N–H and O–H groups in total. The Hall–Kier alpha value is -2.61. The number of aromatic hydroxyl groups is 1. The number of carbonyl (C=O) groups is 3. The minimum absolute atomic E-state index is 0.117. The molecule has 0 aliphatic heterocycles. The van der Waals surface area contributed by atoms with E-state index >= 15 is 0 Å². The van der Waals surface area contributed by atoms with Crippen LogP contribution < -0.4 is 16.4 Å². The average molecular weight is 295 g/mol. The number of hydrogen-bond acceptors (Lipinski definition) is 5. The lowest BCUT2D eigenvalue weighted by Gasteiger charge is -2.12. The number of nitrogens with one attached hydrogen (secondary N) is 2. The number of nitrogens with two attached hydrogens (primary N) is 1. The molecule has 0 spiro atoms. The van der Waals surface area contributed by atoms with E-state index in [9.17, 15) is 14.4 Å². The van der Waals surface area contributed by atoms with E-state index in [1.54, 1.807) is 12.1 Å². The van der Waals surface area contributed by atoms with E-state index in [-0.39, 0.29) is 18.7 Å². The van der Waals surface area contributed by atoms with Gasteiger partial charge in [0.25, 0.3) is 0 Å². The van der Waals surface area contributed by atoms with E-state index in [1.807, 2.05) is 0 Å². The van der Waals surface area contributed by atoms with Gasteiger partial charge >= 0.3 is 5.97 Å². The fraction of sp³-hybridized carbons (Fsp3) is 0.308. The van der Waals surface area contributed by atoms with Gasteiger partial charge in [0.15, 0.2) is 0 Å². The Labute approximate surface area is 120 Å². The zero-order chi connectivity index (χ0) is 15.8. The maximum absolute atomic E-state index is 11.7. The van der Waals surface area contributed by atoms with Crippen molar-refractivity contribution in [2.75, 3.05) is 13.1 Å². The molecule has 2 amide bonds. The first kappa shape index (κ1) is 16.4. The number of aliphatic carboxylic acids is 1. The summed E-state index contributed by atoms with van der Waals surface area (Å²) in [5.41, 5.74) is 6.46. The molecule has 0 saturated carbocycles. The van der Waals surface area contributed by atoms with Gasteiger partial charge < -0.3 is 26.6 Å². The smallest absolute Gasteiger partial charge is 0.322 e. The lowest BCUT2D eigenvalue weighted by atomic mass is 10.1. The van der Waals surface area contributed by atoms with Crippen LogP contribution in [0.1, 0.15) is 5.56 Å². The molecule has 0 aromatic heterocycles. The molecular formula is C13H17N3O5. The molecule has 114 valence electrons. The highest BCUT2D eigenvalue weighted by atomic mass is 16.4. The summed E-state index contributed by atoms with van der Waals surface area (Å²) in [6, 6.07) is 5.41. The summed E-state index contributed by atoms with van der Waals surface area (Å²) in [7, 11) is 0. The zero-order valence-corrected chi connectivity index (χ0v) is 11.2. The minimum atomic E-state index is -1.17. The van der Waals surface area contributed by atoms with E-state index in [2.05, 4.69) is 10.6 Å². The van der Waals surface area contributed by atoms with Crippen LogP contribution in [0.15, 0.2) is 24.3 Å². The number of amides is 2. The van der Waals surface area contributed by atoms with Gasteiger partial charge in [-0.3, -0.25) is 14.4 Å². The number of phenols is 1. The monoisotopic (exact) mass is 295 g/mol. The highest BCUT2D eigenvalue weighted by Crippen LogP contribution is 2.10. The van der Waals surface area contributed by atoms with Crippen molar-refractivity contribution in [1.29, 1.82) is 0 Å². The van der Waals surface area contributed by atoms with Crippen molar-refractivity contribution < 1.29 is 24.6 Å². The third kappa shape index (κ3) is 6.39. The topological polar surface area (TPSA) is 142 Å². The van der Waals surface area contributed by atoms with E-state index in [1.165, 1.54) is 12.1 Å². The van der Waals surface area contributed by atoms with Gasteiger partial charge in [-0.05, 0) is 24.1 Å². The van der Waals surface area contributed by atoms with Crippen molar-refractivity contribution in [3.05, 3.63) is 29.8 Å². The zero-order valence-electron chi connectivity index (χ0n) is 11.2. The summed E-state index contributed by atoms with van der Waals surface area (Å²) in [6.07, 6.45) is 0.253. The van der Waals surface area contributed by atoms with Gasteiger partial charge in [0.2, 0.25) is 11.8 Å². The largest absolute Gasteiger partial charge is 0.508 e. The van der Waals surface area contributed by atoms with Crippen LogP contribution in [-0.2, 0) is 20.8 Å². The van der Waals surface area contributed by atoms with Gasteiger partial charge in [0.05, 0.1) is 12.6 Å². The molecule has 1 aromatic rings. The third-order valence-electron chi connectivity index (χ3n) is 2.59. The van der Waals surface area contributed by atoms with Crippen molar-refractivity contribution in [1.82, 2.24) is 10.6 Å². The van der Waals surface area contributed by atoms with Crippen molar-refractivity contribution in [3.8, 4) is 5.75 Å². The van der Waals surface area contributed by atoms with Crippen LogP contribution in [0.2, 0.25) is 0 Å². The second-order valence-electron chi connectivity index (χ2n) is 4.37. The number of benzene rings is 1. The molecule has 0 fully saturated rings. The molecule has 0 bridgehead atoms. The molecule has 8 heteroatoms. The van der Waals surface area contributed by atoms with Crippen molar-refractivity contribution in [2.45, 2.75) is 12.5 Å². The maximum atomic E-state index is 11.7. The van der Waals surface area contributed by atoms with Crippen molar-refractivity contribution in [3.63, 3.8) is 0 Å². The molecule has 0 aliphatic carbocycles. The number of hydrogen-bond donors (Lipinski definition) is 5. The molecule has 1 rings (SSSR count). The Bertz CT molecular complexity index is 515. The van der Waals surface area contributed by atoms with Crippen LogP contribution in [0, 0.1) is 0 Å². The van der Waals surface area contributed by atoms with Gasteiger partial charge in [0.1, 0.15) is 12.3 Å². The quantitative estimate of drug-likeness (QED) is 0.418. The van der Waals surface area contributed by atoms with Gasteiger partial charge in [-0.15, -0.1) is 0 Å². The van der Waals surface area contributed by atoms with E-state index in [0.29, 0.717) is 0 Å². The minimum Gasteiger partial charge on any atom is -0.508 e. The molecule has 8 nitrogen and oxygen atoms in total. The summed E-state index contributed by atoms with van der Waals surface area (Å²) in [5.74, 6) is -2.18. The Kier molecular flexibility index (Phi) is 6.15. The molecule has 1 atom stereocenters. The number of rotatable bonds is 7. The number of carboxylic acids is 1. The average Bonchev–Trinajstić information content (AvgIpc) is 2.44. The normalized spacial score (nSPS) is 11.5. The number of carbonyl (C=O) groups excluding carboxylic acids is 2. The Morgan fingerprint density at radius 3 is 2.29 bits per heavy atom. The van der Waals surface area contributed by atoms with Gasteiger partial charge in [-0.1, -0.05) is 12.1 Å². The van der Waals surface area contributed by atoms with Crippen LogP contribution in [-0.4, -0.2) is 47.1 Å². The fourth-order valence-electron chi connectivity index (χ4n) is 1.51. The summed E-state index contributed by atoms with van der Waals surface area (Å²) < 4.78 is 0. The van der Waals surface area contributed by atoms with Gasteiger partial charge in [-0.25, -0.2) is 0 Å². The predicted molar refractivity (Wildman–Crippen MR) is 73.4 cm³/mol. The summed E-state index contributed by atoms with van der Waals surface area (Å²) in [4.78, 5) is 33.1. The van der Waals surface area contributed by atoms with Gasteiger partial charge in [-0.2, -0.15) is 0 Å². The SMILES string of the molecule is NC(Cc1ccc(O)cc1)C(=O)NCC(=O)NCC(=O)O. The highest BCUT2D eigenvalue weighted by molar-refractivity contribution is 5.88. The fourth-order valence-corrected chi connectivity index (χ4v) is 1.51. The first-order valence-electron chi connectivity index (χ1n) is 6.18. The molecule has 0 radical (unpaired) electrons. The van der Waals surface area contributed by atoms with Crippen LogP contribution in [0.5, 0.6) is 5.75 Å². The van der Waals surface area contributed by atoms with Crippen molar-refractivity contribution >= 4 is 17.8 Å². The highest BCUT2D eigenvalue weighted by Gasteiger charge is 2.15. The van der Waals surface area contributed by atoms with Gasteiger partial charge in [0, 0.05) is 0 Å². The van der Waals surface area contributed by atoms with E-state index < -0.39 is 30.4 Å².